The molecule has 19 heavy (non-hydrogen) atoms. The highest BCUT2D eigenvalue weighted by atomic mass is 19.4. The Labute approximate surface area is 102 Å². The molecule has 0 nitrogen and oxygen atoms in total. The largest absolute Gasteiger partial charge is 0.460 e. The fourth-order valence-electron chi connectivity index (χ4n) is 1.13. The van der Waals surface area contributed by atoms with Crippen molar-refractivity contribution in [1.82, 2.24) is 0 Å². The van der Waals surface area contributed by atoms with E-state index in [1.165, 1.54) is 13.0 Å². The molecule has 0 unspecified atom stereocenters. The van der Waals surface area contributed by atoms with Crippen molar-refractivity contribution in [3.05, 3.63) is 23.8 Å². The maximum absolute atomic E-state index is 13.0. The third-order valence-electron chi connectivity index (χ3n) is 2.15. The molecule has 0 atom stereocenters. The molecule has 0 heterocycles. The van der Waals surface area contributed by atoms with Crippen LogP contribution in [0.2, 0.25) is 0 Å². The number of rotatable bonds is 5. The van der Waals surface area contributed by atoms with E-state index in [4.69, 9.17) is 0 Å². The van der Waals surface area contributed by atoms with E-state index in [9.17, 15) is 39.5 Å². The van der Waals surface area contributed by atoms with Gasteiger partial charge in [-0.3, -0.25) is 0 Å². The van der Waals surface area contributed by atoms with E-state index in [1.807, 2.05) is 0 Å². The van der Waals surface area contributed by atoms with Crippen molar-refractivity contribution in [1.29, 1.82) is 0 Å². The minimum atomic E-state index is -6.63. The highest BCUT2D eigenvalue weighted by Gasteiger charge is 2.74. The lowest BCUT2D eigenvalue weighted by Crippen LogP contribution is -2.53. The van der Waals surface area contributed by atoms with Gasteiger partial charge in [-0.1, -0.05) is 12.2 Å². The Balaban J connectivity index is 5.51. The van der Waals surface area contributed by atoms with Gasteiger partial charge in [0.25, 0.3) is 6.08 Å². The Morgan fingerprint density at radius 2 is 1.42 bits per heavy atom. The zero-order valence-corrected chi connectivity index (χ0v) is 9.47. The monoisotopic (exact) mass is 300 g/mol. The molecule has 0 amide bonds. The number of halogens is 9. The SMILES string of the molecule is CC=CCCC(=C(F)F)C(F)(F)C(F)(F)C(F)(F)F. The first-order valence-corrected chi connectivity index (χ1v) is 4.87. The summed E-state index contributed by atoms with van der Waals surface area (Å²) < 4.78 is 111. The molecule has 0 aliphatic rings. The van der Waals surface area contributed by atoms with Crippen molar-refractivity contribution >= 4 is 0 Å². The predicted octanol–water partition coefficient (Wildman–Crippen LogP) is 5.33. The Morgan fingerprint density at radius 1 is 0.947 bits per heavy atom. The van der Waals surface area contributed by atoms with E-state index in [2.05, 4.69) is 0 Å². The van der Waals surface area contributed by atoms with Crippen LogP contribution < -0.4 is 0 Å². The first-order chi connectivity index (χ1) is 8.39. The van der Waals surface area contributed by atoms with Crippen LogP contribution in [0.1, 0.15) is 19.8 Å². The van der Waals surface area contributed by atoms with Gasteiger partial charge in [0.2, 0.25) is 0 Å². The lowest BCUT2D eigenvalue weighted by atomic mass is 9.98. The molecule has 0 rings (SSSR count). The van der Waals surface area contributed by atoms with Gasteiger partial charge in [0.15, 0.2) is 0 Å². The molecule has 0 radical (unpaired) electrons. The van der Waals surface area contributed by atoms with Gasteiger partial charge in [0.05, 0.1) is 5.57 Å². The summed E-state index contributed by atoms with van der Waals surface area (Å²) in [6.45, 7) is 1.40. The molecule has 0 aliphatic heterocycles. The van der Waals surface area contributed by atoms with Crippen molar-refractivity contribution in [2.45, 2.75) is 37.8 Å². The minimum Gasteiger partial charge on any atom is -0.194 e. The summed E-state index contributed by atoms with van der Waals surface area (Å²) >= 11 is 0. The van der Waals surface area contributed by atoms with Gasteiger partial charge in [-0.05, 0) is 19.8 Å². The van der Waals surface area contributed by atoms with Gasteiger partial charge < -0.3 is 0 Å². The van der Waals surface area contributed by atoms with E-state index in [-0.39, 0.29) is 0 Å². The summed E-state index contributed by atoms with van der Waals surface area (Å²) in [6, 6.07) is 0. The van der Waals surface area contributed by atoms with Crippen LogP contribution in [0.3, 0.4) is 0 Å². The maximum atomic E-state index is 13.0. The minimum absolute atomic E-state index is 0.507. The van der Waals surface area contributed by atoms with E-state index in [0.29, 0.717) is 0 Å². The lowest BCUT2D eigenvalue weighted by molar-refractivity contribution is -0.345. The van der Waals surface area contributed by atoms with E-state index >= 15 is 0 Å². The second kappa shape index (κ2) is 5.87. The fraction of sp³-hybridized carbons (Fsp3) is 0.600. The molecule has 0 N–H and O–H groups in total. The second-order valence-corrected chi connectivity index (χ2v) is 3.49. The Hall–Kier alpha value is -1.15. The van der Waals surface area contributed by atoms with Gasteiger partial charge in [-0.25, -0.2) is 0 Å². The summed E-state index contributed by atoms with van der Waals surface area (Å²) in [5.74, 6) is -12.6. The highest BCUT2D eigenvalue weighted by Crippen LogP contribution is 2.51. The van der Waals surface area contributed by atoms with E-state index in [1.54, 1.807) is 0 Å². The van der Waals surface area contributed by atoms with Crippen LogP contribution in [-0.2, 0) is 0 Å². The predicted molar refractivity (Wildman–Crippen MR) is 49.2 cm³/mol. The zero-order valence-electron chi connectivity index (χ0n) is 9.47. The summed E-state index contributed by atoms with van der Waals surface area (Å²) in [4.78, 5) is 0. The van der Waals surface area contributed by atoms with Gasteiger partial charge in [0.1, 0.15) is 0 Å². The van der Waals surface area contributed by atoms with Gasteiger partial charge in [-0.15, -0.1) is 0 Å². The van der Waals surface area contributed by atoms with Crippen molar-refractivity contribution in [3.63, 3.8) is 0 Å². The molecule has 0 bridgehead atoms. The molecular formula is C10H9F9. The van der Waals surface area contributed by atoms with Crippen LogP contribution >= 0.6 is 0 Å². The summed E-state index contributed by atoms with van der Waals surface area (Å²) in [5.41, 5.74) is -2.51. The third-order valence-corrected chi connectivity index (χ3v) is 2.15. The number of allylic oxidation sites excluding steroid dienone is 3. The molecule has 9 heteroatoms. The molecular weight excluding hydrogens is 291 g/mol. The van der Waals surface area contributed by atoms with Crippen LogP contribution in [0.5, 0.6) is 0 Å². The number of alkyl halides is 7. The average Bonchev–Trinajstić information content (AvgIpc) is 2.21. The standard InChI is InChI=1S/C10H9F9/c1-2-3-4-5-6(7(11)12)8(13,14)9(15,16)10(17,18)19/h2-3H,4-5H2,1H3. The average molecular weight is 300 g/mol. The smallest absolute Gasteiger partial charge is 0.194 e. The molecule has 0 saturated heterocycles. The van der Waals surface area contributed by atoms with Crippen molar-refractivity contribution in [2.75, 3.05) is 0 Å². The first-order valence-electron chi connectivity index (χ1n) is 4.87. The maximum Gasteiger partial charge on any atom is 0.460 e. The van der Waals surface area contributed by atoms with Gasteiger partial charge >= 0.3 is 18.0 Å². The van der Waals surface area contributed by atoms with Crippen LogP contribution in [0.15, 0.2) is 23.8 Å². The van der Waals surface area contributed by atoms with E-state index in [0.717, 1.165) is 6.08 Å². The van der Waals surface area contributed by atoms with Crippen LogP contribution in [0.4, 0.5) is 39.5 Å². The number of hydrogen-bond acceptors (Lipinski definition) is 0. The molecule has 0 aromatic heterocycles. The van der Waals surface area contributed by atoms with Crippen molar-refractivity contribution in [3.8, 4) is 0 Å². The van der Waals surface area contributed by atoms with Gasteiger partial charge in [0, 0.05) is 0 Å². The summed E-state index contributed by atoms with van der Waals surface area (Å²) in [5, 5.41) is 0. The quantitative estimate of drug-likeness (QED) is 0.476. The van der Waals surface area contributed by atoms with E-state index < -0.39 is 42.5 Å². The zero-order chi connectivity index (χ0) is 15.5. The third kappa shape index (κ3) is 3.66. The van der Waals surface area contributed by atoms with Crippen LogP contribution in [-0.4, -0.2) is 18.0 Å². The Kier molecular flexibility index (Phi) is 5.52. The molecule has 0 aliphatic carbocycles. The van der Waals surface area contributed by atoms with Crippen LogP contribution in [0.25, 0.3) is 0 Å². The van der Waals surface area contributed by atoms with Crippen molar-refractivity contribution in [2.24, 2.45) is 0 Å². The normalized spacial score (nSPS) is 14.0. The Bertz CT molecular complexity index is 358. The number of hydrogen-bond donors (Lipinski definition) is 0. The lowest BCUT2D eigenvalue weighted by Gasteiger charge is -2.29. The first kappa shape index (κ1) is 17.9. The molecule has 0 saturated carbocycles. The molecule has 0 aromatic carbocycles. The summed E-state index contributed by atoms with van der Waals surface area (Å²) in [6.07, 6.45) is -9.33. The van der Waals surface area contributed by atoms with Gasteiger partial charge in [-0.2, -0.15) is 39.5 Å². The highest BCUT2D eigenvalue weighted by molar-refractivity contribution is 5.20. The molecule has 0 fully saturated rings. The fourth-order valence-corrected chi connectivity index (χ4v) is 1.13. The second-order valence-electron chi connectivity index (χ2n) is 3.49. The molecule has 0 aromatic rings. The molecule has 112 valence electrons. The van der Waals surface area contributed by atoms with Crippen molar-refractivity contribution < 1.29 is 39.5 Å². The summed E-state index contributed by atoms with van der Waals surface area (Å²) in [7, 11) is 0. The molecule has 0 spiro atoms. The Morgan fingerprint density at radius 3 is 1.74 bits per heavy atom. The van der Waals surface area contributed by atoms with Crippen LogP contribution in [0, 0.1) is 0 Å². The topological polar surface area (TPSA) is 0 Å².